The number of hydrogen-bond donors (Lipinski definition) is 1. The van der Waals surface area contributed by atoms with E-state index < -0.39 is 0 Å². The van der Waals surface area contributed by atoms with E-state index in [9.17, 15) is 0 Å². The van der Waals surface area contributed by atoms with Crippen molar-refractivity contribution in [3.05, 3.63) is 60.2 Å². The number of benzene rings is 2. The highest BCUT2D eigenvalue weighted by atomic mass is 15.2. The first-order valence-electron chi connectivity index (χ1n) is 9.00. The summed E-state index contributed by atoms with van der Waals surface area (Å²) < 4.78 is 0. The van der Waals surface area contributed by atoms with Gasteiger partial charge in [0.2, 0.25) is 0 Å². The summed E-state index contributed by atoms with van der Waals surface area (Å²) in [7, 11) is 0. The van der Waals surface area contributed by atoms with E-state index in [1.807, 2.05) is 0 Å². The lowest BCUT2D eigenvalue weighted by molar-refractivity contribution is 0.160. The van der Waals surface area contributed by atoms with Gasteiger partial charge in [-0.3, -0.25) is 4.90 Å². The molecule has 2 aromatic carbocycles. The summed E-state index contributed by atoms with van der Waals surface area (Å²) in [5.41, 5.74) is 4.17. The van der Waals surface area contributed by atoms with Crippen molar-refractivity contribution < 1.29 is 0 Å². The van der Waals surface area contributed by atoms with Crippen molar-refractivity contribution in [2.24, 2.45) is 5.92 Å². The minimum Gasteiger partial charge on any atom is -0.314 e. The smallest absolute Gasteiger partial charge is 0.0352 e. The monoisotopic (exact) mass is 306 g/mol. The molecule has 0 spiro atoms. The molecule has 23 heavy (non-hydrogen) atoms. The van der Waals surface area contributed by atoms with Crippen LogP contribution in [0.5, 0.6) is 0 Å². The normalized spacial score (nSPS) is 20.3. The van der Waals surface area contributed by atoms with E-state index in [2.05, 4.69) is 64.8 Å². The lowest BCUT2D eigenvalue weighted by Crippen LogP contribution is -2.45. The highest BCUT2D eigenvalue weighted by molar-refractivity contribution is 5.64. The summed E-state index contributed by atoms with van der Waals surface area (Å²) in [5, 5.41) is 3.49. The highest BCUT2D eigenvalue weighted by Gasteiger charge is 2.30. The van der Waals surface area contributed by atoms with Crippen LogP contribution >= 0.6 is 0 Å². The second-order valence-corrected chi connectivity index (χ2v) is 6.97. The molecular formula is C21H26N2. The van der Waals surface area contributed by atoms with Crippen LogP contribution in [0.4, 0.5) is 0 Å². The molecule has 0 amide bonds. The SMILES string of the molecule is c1ccc(-c2cccc([C@H](CC3CC3)N3CCNCC3)c2)cc1. The molecule has 0 bridgehead atoms. The van der Waals surface area contributed by atoms with Crippen molar-refractivity contribution in [1.82, 2.24) is 10.2 Å². The van der Waals surface area contributed by atoms with Crippen LogP contribution in [0.3, 0.4) is 0 Å². The molecule has 4 rings (SSSR count). The van der Waals surface area contributed by atoms with Crippen molar-refractivity contribution in [2.45, 2.75) is 25.3 Å². The maximum absolute atomic E-state index is 3.49. The molecule has 1 saturated carbocycles. The molecule has 2 fully saturated rings. The molecule has 0 radical (unpaired) electrons. The summed E-state index contributed by atoms with van der Waals surface area (Å²) in [6.45, 7) is 4.60. The molecule has 2 nitrogen and oxygen atoms in total. The first-order valence-corrected chi connectivity index (χ1v) is 9.00. The molecular weight excluding hydrogens is 280 g/mol. The van der Waals surface area contributed by atoms with E-state index >= 15 is 0 Å². The summed E-state index contributed by atoms with van der Waals surface area (Å²) >= 11 is 0. The maximum Gasteiger partial charge on any atom is 0.0352 e. The van der Waals surface area contributed by atoms with Crippen molar-refractivity contribution in [1.29, 1.82) is 0 Å². The molecule has 1 atom stereocenters. The van der Waals surface area contributed by atoms with Gasteiger partial charge in [-0.1, -0.05) is 61.4 Å². The number of piperazine rings is 1. The van der Waals surface area contributed by atoms with E-state index in [0.29, 0.717) is 6.04 Å². The lowest BCUT2D eigenvalue weighted by Gasteiger charge is -2.35. The molecule has 1 aliphatic carbocycles. The van der Waals surface area contributed by atoms with Crippen LogP contribution in [-0.4, -0.2) is 31.1 Å². The molecule has 1 aliphatic heterocycles. The largest absolute Gasteiger partial charge is 0.314 e. The van der Waals surface area contributed by atoms with E-state index in [0.717, 1.165) is 19.0 Å². The fourth-order valence-corrected chi connectivity index (χ4v) is 3.72. The average Bonchev–Trinajstić information content (AvgIpc) is 3.46. The van der Waals surface area contributed by atoms with Gasteiger partial charge in [0.25, 0.3) is 0 Å². The molecule has 1 N–H and O–H groups in total. The topological polar surface area (TPSA) is 15.3 Å². The van der Waals surface area contributed by atoms with E-state index in [1.165, 1.54) is 49.0 Å². The number of nitrogens with zero attached hydrogens (tertiary/aromatic N) is 1. The van der Waals surface area contributed by atoms with Gasteiger partial charge in [0.15, 0.2) is 0 Å². The third-order valence-electron chi connectivity index (χ3n) is 5.22. The number of nitrogens with one attached hydrogen (secondary N) is 1. The fraction of sp³-hybridized carbons (Fsp3) is 0.429. The zero-order valence-electron chi connectivity index (χ0n) is 13.7. The Hall–Kier alpha value is -1.64. The van der Waals surface area contributed by atoms with E-state index in [-0.39, 0.29) is 0 Å². The Morgan fingerprint density at radius 1 is 0.913 bits per heavy atom. The van der Waals surface area contributed by atoms with Crippen molar-refractivity contribution in [3.8, 4) is 11.1 Å². The average molecular weight is 306 g/mol. The number of rotatable bonds is 5. The fourth-order valence-electron chi connectivity index (χ4n) is 3.72. The maximum atomic E-state index is 3.49. The molecule has 2 aliphatic rings. The Morgan fingerprint density at radius 3 is 2.39 bits per heavy atom. The van der Waals surface area contributed by atoms with Gasteiger partial charge in [0.05, 0.1) is 0 Å². The first kappa shape index (κ1) is 14.9. The summed E-state index contributed by atoms with van der Waals surface area (Å²) in [4.78, 5) is 2.69. The summed E-state index contributed by atoms with van der Waals surface area (Å²) in [5.74, 6) is 0.954. The van der Waals surface area contributed by atoms with Crippen LogP contribution in [-0.2, 0) is 0 Å². The minimum atomic E-state index is 0.591. The van der Waals surface area contributed by atoms with Crippen LogP contribution < -0.4 is 5.32 Å². The van der Waals surface area contributed by atoms with Crippen LogP contribution in [0.1, 0.15) is 30.9 Å². The Balaban J connectivity index is 1.62. The van der Waals surface area contributed by atoms with Crippen LogP contribution in [0.25, 0.3) is 11.1 Å². The van der Waals surface area contributed by atoms with E-state index in [1.54, 1.807) is 0 Å². The van der Waals surface area contributed by atoms with Crippen LogP contribution in [0.15, 0.2) is 54.6 Å². The zero-order valence-corrected chi connectivity index (χ0v) is 13.7. The molecule has 1 heterocycles. The predicted octanol–water partition coefficient (Wildman–Crippen LogP) is 4.10. The highest BCUT2D eigenvalue weighted by Crippen LogP contribution is 2.40. The van der Waals surface area contributed by atoms with Gasteiger partial charge in [-0.25, -0.2) is 0 Å². The Labute approximate surface area is 139 Å². The van der Waals surface area contributed by atoms with Gasteiger partial charge < -0.3 is 5.32 Å². The third-order valence-corrected chi connectivity index (χ3v) is 5.22. The lowest BCUT2D eigenvalue weighted by atomic mass is 9.95. The standard InChI is InChI=1S/C21H26N2/c1-2-5-18(6-3-1)19-7-4-8-20(16-19)21(15-17-9-10-17)23-13-11-22-12-14-23/h1-8,16-17,21-22H,9-15H2/t21-/m0/s1. The molecule has 1 saturated heterocycles. The summed E-state index contributed by atoms with van der Waals surface area (Å²) in [6, 6.07) is 20.6. The van der Waals surface area contributed by atoms with Gasteiger partial charge in [-0.2, -0.15) is 0 Å². The van der Waals surface area contributed by atoms with E-state index in [4.69, 9.17) is 0 Å². The van der Waals surface area contributed by atoms with Crippen LogP contribution in [0.2, 0.25) is 0 Å². The van der Waals surface area contributed by atoms with Crippen molar-refractivity contribution >= 4 is 0 Å². The quantitative estimate of drug-likeness (QED) is 0.894. The molecule has 2 aromatic rings. The molecule has 0 aromatic heterocycles. The van der Waals surface area contributed by atoms with Crippen LogP contribution in [0, 0.1) is 5.92 Å². The minimum absolute atomic E-state index is 0.591. The second kappa shape index (κ2) is 6.86. The Kier molecular flexibility index (Phi) is 4.45. The van der Waals surface area contributed by atoms with Gasteiger partial charge in [0, 0.05) is 32.2 Å². The van der Waals surface area contributed by atoms with Gasteiger partial charge in [-0.15, -0.1) is 0 Å². The first-order chi connectivity index (χ1) is 11.4. The Morgan fingerprint density at radius 2 is 1.65 bits per heavy atom. The van der Waals surface area contributed by atoms with Gasteiger partial charge >= 0.3 is 0 Å². The molecule has 120 valence electrons. The van der Waals surface area contributed by atoms with Crippen molar-refractivity contribution in [3.63, 3.8) is 0 Å². The third kappa shape index (κ3) is 3.65. The summed E-state index contributed by atoms with van der Waals surface area (Å²) in [6.07, 6.45) is 4.19. The molecule has 2 heteroatoms. The predicted molar refractivity (Wildman–Crippen MR) is 96.4 cm³/mol. The number of hydrogen-bond acceptors (Lipinski definition) is 2. The Bertz CT molecular complexity index is 627. The van der Waals surface area contributed by atoms with Gasteiger partial charge in [0.1, 0.15) is 0 Å². The zero-order chi connectivity index (χ0) is 15.5. The second-order valence-electron chi connectivity index (χ2n) is 6.97. The van der Waals surface area contributed by atoms with Crippen molar-refractivity contribution in [2.75, 3.05) is 26.2 Å². The molecule has 0 unspecified atom stereocenters. The van der Waals surface area contributed by atoms with Gasteiger partial charge in [-0.05, 0) is 35.1 Å².